The van der Waals surface area contributed by atoms with Gasteiger partial charge in [0.15, 0.2) is 0 Å². The fourth-order valence-corrected chi connectivity index (χ4v) is 5.41. The molecule has 0 radical (unpaired) electrons. The summed E-state index contributed by atoms with van der Waals surface area (Å²) in [4.78, 5) is 17.6. The average molecular weight is 444 g/mol. The lowest BCUT2D eigenvalue weighted by Crippen LogP contribution is -2.55. The van der Waals surface area contributed by atoms with Crippen LogP contribution in [0.3, 0.4) is 0 Å². The number of nitrogens with zero attached hydrogens (tertiary/aromatic N) is 3. The van der Waals surface area contributed by atoms with Gasteiger partial charge in [-0.05, 0) is 43.0 Å². The fraction of sp³-hybridized carbons (Fsp3) is 0.458. The Morgan fingerprint density at radius 1 is 1.03 bits per heavy atom. The van der Waals surface area contributed by atoms with Gasteiger partial charge in [-0.25, -0.2) is 8.42 Å². The number of carbonyl (C=O) groups excluding carboxylic acids is 1. The summed E-state index contributed by atoms with van der Waals surface area (Å²) in [6, 6.07) is 15.3. The first-order chi connectivity index (χ1) is 14.7. The molecular weight excluding hydrogens is 410 g/mol. The molecule has 1 amide bonds. The molecular formula is C24H33N3O3S. The predicted molar refractivity (Wildman–Crippen MR) is 126 cm³/mol. The summed E-state index contributed by atoms with van der Waals surface area (Å²) in [5.41, 5.74) is 3.65. The van der Waals surface area contributed by atoms with Crippen molar-refractivity contribution < 1.29 is 13.2 Å². The second-order valence-corrected chi connectivity index (χ2v) is 10.2. The molecule has 1 aliphatic heterocycles. The van der Waals surface area contributed by atoms with Crippen molar-refractivity contribution in [2.75, 3.05) is 36.7 Å². The van der Waals surface area contributed by atoms with Crippen molar-refractivity contribution in [2.45, 2.75) is 39.8 Å². The summed E-state index contributed by atoms with van der Waals surface area (Å²) < 4.78 is 26.9. The molecule has 1 fully saturated rings. The normalized spacial score (nSPS) is 16.2. The van der Waals surface area contributed by atoms with Crippen molar-refractivity contribution in [3.05, 3.63) is 65.2 Å². The predicted octanol–water partition coefficient (Wildman–Crippen LogP) is 3.19. The number of piperazine rings is 1. The summed E-state index contributed by atoms with van der Waals surface area (Å²) in [5.74, 6) is -0.117. The van der Waals surface area contributed by atoms with E-state index < -0.39 is 16.1 Å². The van der Waals surface area contributed by atoms with E-state index in [-0.39, 0.29) is 5.91 Å². The third-order valence-corrected chi connectivity index (χ3v) is 7.01. The van der Waals surface area contributed by atoms with E-state index in [9.17, 15) is 13.2 Å². The molecule has 7 heteroatoms. The van der Waals surface area contributed by atoms with E-state index in [0.29, 0.717) is 25.2 Å². The highest BCUT2D eigenvalue weighted by Crippen LogP contribution is 2.28. The maximum absolute atomic E-state index is 13.5. The molecule has 0 saturated carbocycles. The molecule has 1 atom stereocenters. The first-order valence-electron chi connectivity index (χ1n) is 10.8. The van der Waals surface area contributed by atoms with Crippen molar-refractivity contribution in [2.24, 2.45) is 0 Å². The highest BCUT2D eigenvalue weighted by molar-refractivity contribution is 7.92. The minimum absolute atomic E-state index is 0.117. The van der Waals surface area contributed by atoms with Crippen LogP contribution in [0.1, 0.15) is 30.0 Å². The van der Waals surface area contributed by atoms with E-state index in [1.807, 2.05) is 62.1 Å². The lowest BCUT2D eigenvalue weighted by molar-refractivity contribution is -0.134. The van der Waals surface area contributed by atoms with Crippen LogP contribution in [-0.4, -0.2) is 62.6 Å². The highest BCUT2D eigenvalue weighted by Gasteiger charge is 2.36. The molecule has 1 unspecified atom stereocenters. The van der Waals surface area contributed by atoms with Gasteiger partial charge in [0.1, 0.15) is 6.04 Å². The van der Waals surface area contributed by atoms with Crippen molar-refractivity contribution in [3.63, 3.8) is 0 Å². The smallest absolute Gasteiger partial charge is 0.246 e. The molecule has 168 valence electrons. The van der Waals surface area contributed by atoms with Crippen molar-refractivity contribution in [1.29, 1.82) is 0 Å². The number of benzene rings is 2. The average Bonchev–Trinajstić information content (AvgIpc) is 2.74. The van der Waals surface area contributed by atoms with Crippen LogP contribution in [-0.2, 0) is 21.4 Å². The summed E-state index contributed by atoms with van der Waals surface area (Å²) in [7, 11) is -3.63. The number of carbonyl (C=O) groups is 1. The number of sulfonamides is 1. The summed E-state index contributed by atoms with van der Waals surface area (Å²) in [6.07, 6.45) is 1.60. The van der Waals surface area contributed by atoms with Crippen LogP contribution in [0.4, 0.5) is 5.69 Å². The first-order valence-corrected chi connectivity index (χ1v) is 12.7. The molecule has 0 N–H and O–H groups in total. The molecule has 0 spiro atoms. The van der Waals surface area contributed by atoms with Crippen molar-refractivity contribution in [1.82, 2.24) is 9.80 Å². The molecule has 0 bridgehead atoms. The van der Waals surface area contributed by atoms with E-state index in [2.05, 4.69) is 17.0 Å². The zero-order chi connectivity index (χ0) is 22.6. The highest BCUT2D eigenvalue weighted by atomic mass is 32.2. The maximum atomic E-state index is 13.5. The summed E-state index contributed by atoms with van der Waals surface area (Å²) >= 11 is 0. The second-order valence-electron chi connectivity index (χ2n) is 8.36. The summed E-state index contributed by atoms with van der Waals surface area (Å²) in [6.45, 7) is 9.30. The molecule has 2 aromatic rings. The van der Waals surface area contributed by atoms with E-state index in [1.165, 1.54) is 16.1 Å². The number of anilines is 1. The van der Waals surface area contributed by atoms with E-state index in [1.54, 1.807) is 0 Å². The van der Waals surface area contributed by atoms with Gasteiger partial charge in [0, 0.05) is 32.7 Å². The monoisotopic (exact) mass is 443 g/mol. The quantitative estimate of drug-likeness (QED) is 0.659. The molecule has 31 heavy (non-hydrogen) atoms. The Morgan fingerprint density at radius 2 is 1.68 bits per heavy atom. The SMILES string of the molecule is CCC(C(=O)N1CCN(Cc2ccccc2)CC1)N(c1cc(C)ccc1C)S(C)(=O)=O. The van der Waals surface area contributed by atoms with E-state index >= 15 is 0 Å². The Labute approximate surface area is 186 Å². The zero-order valence-corrected chi connectivity index (χ0v) is 19.7. The van der Waals surface area contributed by atoms with Crippen molar-refractivity contribution in [3.8, 4) is 0 Å². The van der Waals surface area contributed by atoms with Gasteiger partial charge in [-0.15, -0.1) is 0 Å². The standard InChI is InChI=1S/C24H33N3O3S/c1-5-22(27(31(4,29)30)23-17-19(2)11-12-20(23)3)24(28)26-15-13-25(14-16-26)18-21-9-7-6-8-10-21/h6-12,17,22H,5,13-16,18H2,1-4H3. The Morgan fingerprint density at radius 3 is 2.26 bits per heavy atom. The van der Waals surface area contributed by atoms with E-state index in [4.69, 9.17) is 0 Å². The second kappa shape index (κ2) is 9.83. The van der Waals surface area contributed by atoms with E-state index in [0.717, 1.165) is 30.8 Å². The minimum atomic E-state index is -3.63. The lowest BCUT2D eigenvalue weighted by Gasteiger charge is -2.39. The Bertz CT molecular complexity index is 1000. The van der Waals surface area contributed by atoms with Gasteiger partial charge >= 0.3 is 0 Å². The van der Waals surface area contributed by atoms with Crippen LogP contribution < -0.4 is 4.31 Å². The van der Waals surface area contributed by atoms with Gasteiger partial charge < -0.3 is 4.90 Å². The lowest BCUT2D eigenvalue weighted by atomic mass is 10.1. The number of aryl methyl sites for hydroxylation is 2. The number of hydrogen-bond acceptors (Lipinski definition) is 4. The van der Waals surface area contributed by atoms with Crippen LogP contribution >= 0.6 is 0 Å². The van der Waals surface area contributed by atoms with Gasteiger partial charge in [0.05, 0.1) is 11.9 Å². The zero-order valence-electron chi connectivity index (χ0n) is 18.9. The van der Waals surface area contributed by atoms with Gasteiger partial charge in [-0.3, -0.25) is 14.0 Å². The molecule has 3 rings (SSSR count). The molecule has 0 aliphatic carbocycles. The topological polar surface area (TPSA) is 60.9 Å². The van der Waals surface area contributed by atoms with Crippen molar-refractivity contribution >= 4 is 21.6 Å². The number of rotatable bonds is 7. The number of hydrogen-bond donors (Lipinski definition) is 0. The fourth-order valence-electron chi connectivity index (χ4n) is 4.15. The molecule has 0 aromatic heterocycles. The van der Waals surface area contributed by atoms with Gasteiger partial charge in [-0.1, -0.05) is 49.4 Å². The maximum Gasteiger partial charge on any atom is 0.246 e. The molecule has 1 aliphatic rings. The van der Waals surface area contributed by atoms with Gasteiger partial charge in [0.2, 0.25) is 15.9 Å². The van der Waals surface area contributed by atoms with Crippen LogP contribution in [0.15, 0.2) is 48.5 Å². The van der Waals surface area contributed by atoms with Crippen LogP contribution in [0, 0.1) is 13.8 Å². The Hall–Kier alpha value is -2.38. The third-order valence-electron chi connectivity index (χ3n) is 5.85. The van der Waals surface area contributed by atoms with Gasteiger partial charge in [-0.2, -0.15) is 0 Å². The molecule has 1 heterocycles. The molecule has 2 aromatic carbocycles. The Balaban J connectivity index is 1.76. The van der Waals surface area contributed by atoms with Crippen LogP contribution in [0.5, 0.6) is 0 Å². The minimum Gasteiger partial charge on any atom is -0.338 e. The third kappa shape index (κ3) is 5.66. The number of amides is 1. The Kier molecular flexibility index (Phi) is 7.38. The first kappa shape index (κ1) is 23.3. The van der Waals surface area contributed by atoms with Crippen LogP contribution in [0.25, 0.3) is 0 Å². The molecule has 6 nitrogen and oxygen atoms in total. The summed E-state index contributed by atoms with van der Waals surface area (Å²) in [5, 5.41) is 0. The van der Waals surface area contributed by atoms with Crippen LogP contribution in [0.2, 0.25) is 0 Å². The van der Waals surface area contributed by atoms with Gasteiger partial charge in [0.25, 0.3) is 0 Å². The largest absolute Gasteiger partial charge is 0.338 e. The molecule has 1 saturated heterocycles.